The number of benzene rings is 2. The molecule has 0 aliphatic rings. The van der Waals surface area contributed by atoms with Gasteiger partial charge in [0.2, 0.25) is 0 Å². The SMILES string of the molecule is COc1cc(-n2cc(C)c(Nc3ccc4[nH]ncc4c3Cl)n2)ccc1C(=O)Nc1nc(C)cs1. The van der Waals surface area contributed by atoms with Crippen molar-refractivity contribution in [3.05, 3.63) is 69.9 Å². The second-order valence-corrected chi connectivity index (χ2v) is 8.86. The Morgan fingerprint density at radius 1 is 1.24 bits per heavy atom. The van der Waals surface area contributed by atoms with Crippen LogP contribution in [0.1, 0.15) is 21.6 Å². The maximum absolute atomic E-state index is 12.7. The molecule has 2 aromatic carbocycles. The summed E-state index contributed by atoms with van der Waals surface area (Å²) >= 11 is 7.91. The zero-order valence-electron chi connectivity index (χ0n) is 18.5. The summed E-state index contributed by atoms with van der Waals surface area (Å²) in [6, 6.07) is 9.07. The van der Waals surface area contributed by atoms with Gasteiger partial charge in [0.25, 0.3) is 5.91 Å². The lowest BCUT2D eigenvalue weighted by Gasteiger charge is -2.10. The molecule has 3 aromatic heterocycles. The van der Waals surface area contributed by atoms with Gasteiger partial charge in [-0.1, -0.05) is 11.6 Å². The first-order valence-electron chi connectivity index (χ1n) is 10.3. The summed E-state index contributed by atoms with van der Waals surface area (Å²) in [5.41, 5.74) is 4.51. The molecule has 0 spiro atoms. The van der Waals surface area contributed by atoms with Gasteiger partial charge in [-0.15, -0.1) is 16.4 Å². The summed E-state index contributed by atoms with van der Waals surface area (Å²) in [5, 5.41) is 21.5. The quantitative estimate of drug-likeness (QED) is 0.289. The number of amides is 1. The molecule has 5 rings (SSSR count). The van der Waals surface area contributed by atoms with Crippen LogP contribution in [0.15, 0.2) is 48.1 Å². The molecule has 0 aliphatic carbocycles. The van der Waals surface area contributed by atoms with Crippen molar-refractivity contribution in [3.8, 4) is 11.4 Å². The Labute approximate surface area is 203 Å². The highest BCUT2D eigenvalue weighted by Crippen LogP contribution is 2.33. The lowest BCUT2D eigenvalue weighted by atomic mass is 10.1. The van der Waals surface area contributed by atoms with E-state index in [-0.39, 0.29) is 5.91 Å². The average molecular weight is 494 g/mol. The average Bonchev–Trinajstić information content (AvgIpc) is 3.56. The van der Waals surface area contributed by atoms with Gasteiger partial charge in [-0.3, -0.25) is 15.2 Å². The van der Waals surface area contributed by atoms with Crippen molar-refractivity contribution in [2.24, 2.45) is 0 Å². The van der Waals surface area contributed by atoms with Crippen LogP contribution in [0.5, 0.6) is 5.75 Å². The van der Waals surface area contributed by atoms with Gasteiger partial charge in [0, 0.05) is 28.6 Å². The van der Waals surface area contributed by atoms with E-state index in [2.05, 4.69) is 30.9 Å². The number of aromatic amines is 1. The number of carbonyl (C=O) groups excluding carboxylic acids is 1. The second-order valence-electron chi connectivity index (χ2n) is 7.62. The lowest BCUT2D eigenvalue weighted by Crippen LogP contribution is -2.13. The Balaban J connectivity index is 1.41. The molecule has 0 atom stereocenters. The van der Waals surface area contributed by atoms with Gasteiger partial charge >= 0.3 is 0 Å². The Morgan fingerprint density at radius 3 is 2.85 bits per heavy atom. The number of H-pyrrole nitrogens is 1. The van der Waals surface area contributed by atoms with Crippen LogP contribution in [-0.2, 0) is 0 Å². The topological polar surface area (TPSA) is 110 Å². The maximum atomic E-state index is 12.7. The molecule has 0 fully saturated rings. The second kappa shape index (κ2) is 8.81. The van der Waals surface area contributed by atoms with E-state index in [4.69, 9.17) is 16.3 Å². The van der Waals surface area contributed by atoms with E-state index in [0.717, 1.165) is 33.5 Å². The van der Waals surface area contributed by atoms with Crippen molar-refractivity contribution in [1.29, 1.82) is 0 Å². The van der Waals surface area contributed by atoms with Crippen molar-refractivity contribution in [3.63, 3.8) is 0 Å². The van der Waals surface area contributed by atoms with Gasteiger partial charge < -0.3 is 10.1 Å². The van der Waals surface area contributed by atoms with Gasteiger partial charge in [0.15, 0.2) is 10.9 Å². The van der Waals surface area contributed by atoms with Crippen LogP contribution in [0.2, 0.25) is 5.02 Å². The number of aryl methyl sites for hydroxylation is 2. The number of fused-ring (bicyclic) bond motifs is 1. The number of aromatic nitrogens is 5. The number of nitrogens with one attached hydrogen (secondary N) is 3. The minimum Gasteiger partial charge on any atom is -0.496 e. The molecule has 1 amide bonds. The molecule has 3 heterocycles. The summed E-state index contributed by atoms with van der Waals surface area (Å²) < 4.78 is 7.21. The molecule has 0 unspecified atom stereocenters. The lowest BCUT2D eigenvalue weighted by molar-refractivity contribution is 0.102. The molecular formula is C23H20ClN7O2S. The third-order valence-electron chi connectivity index (χ3n) is 5.24. The Bertz CT molecular complexity index is 1520. The number of carbonyl (C=O) groups is 1. The highest BCUT2D eigenvalue weighted by Gasteiger charge is 2.17. The summed E-state index contributed by atoms with van der Waals surface area (Å²) in [6.07, 6.45) is 3.58. The van der Waals surface area contributed by atoms with Crippen molar-refractivity contribution < 1.29 is 9.53 Å². The molecule has 0 bridgehead atoms. The van der Waals surface area contributed by atoms with E-state index in [9.17, 15) is 4.79 Å². The number of nitrogens with zero attached hydrogens (tertiary/aromatic N) is 4. The number of anilines is 3. The summed E-state index contributed by atoms with van der Waals surface area (Å²) in [5.74, 6) is 0.796. The molecule has 172 valence electrons. The van der Waals surface area contributed by atoms with E-state index in [0.29, 0.717) is 27.3 Å². The molecule has 5 aromatic rings. The number of halogens is 1. The van der Waals surface area contributed by atoms with Crippen LogP contribution in [0.3, 0.4) is 0 Å². The summed E-state index contributed by atoms with van der Waals surface area (Å²) in [7, 11) is 1.53. The standard InChI is InChI=1S/C23H20ClN7O2S/c1-12-10-31(30-21(12)27-18-7-6-17-16(20(18)24)9-25-29-17)14-4-5-15(19(8-14)33-3)22(32)28-23-26-13(2)11-34-23/h4-11H,1-3H3,(H,25,29)(H,27,30)(H,26,28,32). The van der Waals surface area contributed by atoms with E-state index in [1.165, 1.54) is 18.4 Å². The fourth-order valence-electron chi connectivity index (χ4n) is 3.51. The Morgan fingerprint density at radius 2 is 2.09 bits per heavy atom. The van der Waals surface area contributed by atoms with E-state index in [1.807, 2.05) is 43.6 Å². The molecule has 11 heteroatoms. The monoisotopic (exact) mass is 493 g/mol. The van der Waals surface area contributed by atoms with Crippen LogP contribution in [0.25, 0.3) is 16.6 Å². The first kappa shape index (κ1) is 21.9. The fraction of sp³-hybridized carbons (Fsp3) is 0.130. The van der Waals surface area contributed by atoms with Crippen LogP contribution in [-0.4, -0.2) is 38.0 Å². The van der Waals surface area contributed by atoms with E-state index < -0.39 is 0 Å². The molecular weight excluding hydrogens is 474 g/mol. The number of ether oxygens (including phenoxy) is 1. The zero-order valence-corrected chi connectivity index (χ0v) is 20.1. The van der Waals surface area contributed by atoms with Crippen LogP contribution in [0.4, 0.5) is 16.6 Å². The highest BCUT2D eigenvalue weighted by atomic mass is 35.5. The van der Waals surface area contributed by atoms with Crippen molar-refractivity contribution in [1.82, 2.24) is 25.0 Å². The molecule has 34 heavy (non-hydrogen) atoms. The molecule has 0 saturated carbocycles. The van der Waals surface area contributed by atoms with E-state index >= 15 is 0 Å². The number of hydrogen-bond donors (Lipinski definition) is 3. The molecule has 0 saturated heterocycles. The molecule has 0 aliphatic heterocycles. The minimum atomic E-state index is -0.291. The number of hydrogen-bond acceptors (Lipinski definition) is 7. The van der Waals surface area contributed by atoms with Gasteiger partial charge in [-0.05, 0) is 38.1 Å². The van der Waals surface area contributed by atoms with Crippen molar-refractivity contribution in [2.45, 2.75) is 13.8 Å². The predicted octanol–water partition coefficient (Wildman–Crippen LogP) is 5.48. The normalized spacial score (nSPS) is 11.1. The van der Waals surface area contributed by atoms with Crippen LogP contribution < -0.4 is 15.4 Å². The Hall–Kier alpha value is -3.89. The third kappa shape index (κ3) is 4.09. The van der Waals surface area contributed by atoms with Gasteiger partial charge in [0.05, 0.1) is 46.5 Å². The van der Waals surface area contributed by atoms with Crippen molar-refractivity contribution >= 4 is 56.4 Å². The van der Waals surface area contributed by atoms with Crippen LogP contribution in [0, 0.1) is 13.8 Å². The third-order valence-corrected chi connectivity index (χ3v) is 6.53. The molecule has 9 nitrogen and oxygen atoms in total. The summed E-state index contributed by atoms with van der Waals surface area (Å²) in [6.45, 7) is 3.83. The fourth-order valence-corrected chi connectivity index (χ4v) is 4.45. The first-order valence-corrected chi connectivity index (χ1v) is 11.6. The van der Waals surface area contributed by atoms with E-state index in [1.54, 1.807) is 23.0 Å². The number of thiazole rings is 1. The Kier molecular flexibility index (Phi) is 5.68. The zero-order chi connectivity index (χ0) is 23.8. The molecule has 3 N–H and O–H groups in total. The summed E-state index contributed by atoms with van der Waals surface area (Å²) in [4.78, 5) is 17.0. The number of methoxy groups -OCH3 is 1. The smallest absolute Gasteiger partial charge is 0.261 e. The van der Waals surface area contributed by atoms with Gasteiger partial charge in [-0.25, -0.2) is 9.67 Å². The minimum absolute atomic E-state index is 0.291. The molecule has 0 radical (unpaired) electrons. The predicted molar refractivity (Wildman–Crippen MR) is 134 cm³/mol. The maximum Gasteiger partial charge on any atom is 0.261 e. The van der Waals surface area contributed by atoms with Crippen LogP contribution >= 0.6 is 22.9 Å². The number of rotatable bonds is 6. The highest BCUT2D eigenvalue weighted by molar-refractivity contribution is 7.13. The largest absolute Gasteiger partial charge is 0.496 e. The first-order chi connectivity index (χ1) is 16.4. The van der Waals surface area contributed by atoms with Crippen molar-refractivity contribution in [2.75, 3.05) is 17.7 Å². The van der Waals surface area contributed by atoms with Gasteiger partial charge in [-0.2, -0.15) is 5.10 Å². The van der Waals surface area contributed by atoms with Gasteiger partial charge in [0.1, 0.15) is 5.75 Å².